The Balaban J connectivity index is 1.73. The molecule has 1 N–H and O–H groups in total. The highest BCUT2D eigenvalue weighted by molar-refractivity contribution is 7.88. The van der Waals surface area contributed by atoms with Gasteiger partial charge in [0.05, 0.1) is 5.75 Å². The average Bonchev–Trinajstić information content (AvgIpc) is 3.02. The van der Waals surface area contributed by atoms with Gasteiger partial charge in [-0.15, -0.1) is 0 Å². The van der Waals surface area contributed by atoms with E-state index in [2.05, 4.69) is 9.97 Å². The molecule has 1 atom stereocenters. The van der Waals surface area contributed by atoms with Crippen LogP contribution in [-0.2, 0) is 15.8 Å². The van der Waals surface area contributed by atoms with Crippen LogP contribution in [-0.4, -0.2) is 35.8 Å². The van der Waals surface area contributed by atoms with Crippen molar-refractivity contribution in [3.63, 3.8) is 0 Å². The summed E-state index contributed by atoms with van der Waals surface area (Å²) in [6.45, 7) is 1.12. The highest BCUT2D eigenvalue weighted by Gasteiger charge is 2.30. The highest BCUT2D eigenvalue weighted by Crippen LogP contribution is 2.27. The van der Waals surface area contributed by atoms with E-state index in [1.807, 2.05) is 30.3 Å². The van der Waals surface area contributed by atoms with Crippen molar-refractivity contribution in [1.82, 2.24) is 14.3 Å². The van der Waals surface area contributed by atoms with E-state index in [-0.39, 0.29) is 11.7 Å². The summed E-state index contributed by atoms with van der Waals surface area (Å²) in [4.78, 5) is 7.36. The molecule has 3 rings (SSSR count). The maximum Gasteiger partial charge on any atom is 0.218 e. The van der Waals surface area contributed by atoms with Crippen LogP contribution in [0.5, 0.6) is 0 Å². The number of rotatable bonds is 4. The minimum absolute atomic E-state index is 0.0682. The van der Waals surface area contributed by atoms with Crippen molar-refractivity contribution in [3.8, 4) is 0 Å². The summed E-state index contributed by atoms with van der Waals surface area (Å²) in [5.41, 5.74) is 0.831. The second-order valence-electron chi connectivity index (χ2n) is 5.41. The molecule has 0 saturated carbocycles. The Hall–Kier alpha value is -1.66. The maximum atomic E-state index is 12.6. The molecule has 0 aliphatic carbocycles. The molecule has 1 fully saturated rings. The quantitative estimate of drug-likeness (QED) is 0.941. The number of hydrogen-bond donors (Lipinski definition) is 1. The molecule has 1 aromatic heterocycles. The van der Waals surface area contributed by atoms with Crippen LogP contribution in [0.3, 0.4) is 0 Å². The molecule has 2 heterocycles. The van der Waals surface area contributed by atoms with Gasteiger partial charge >= 0.3 is 0 Å². The number of piperidine rings is 1. The molecular weight excluding hydrogens is 286 g/mol. The lowest BCUT2D eigenvalue weighted by Gasteiger charge is -2.31. The first-order chi connectivity index (χ1) is 10.1. The first-order valence-electron chi connectivity index (χ1n) is 7.16. The molecule has 0 spiro atoms. The van der Waals surface area contributed by atoms with Gasteiger partial charge in [0.15, 0.2) is 0 Å². The van der Waals surface area contributed by atoms with Gasteiger partial charge < -0.3 is 4.98 Å². The van der Waals surface area contributed by atoms with E-state index in [1.165, 1.54) is 0 Å². The van der Waals surface area contributed by atoms with Crippen molar-refractivity contribution >= 4 is 10.0 Å². The van der Waals surface area contributed by atoms with Gasteiger partial charge in [0.25, 0.3) is 0 Å². The lowest BCUT2D eigenvalue weighted by Crippen LogP contribution is -2.39. The molecule has 1 aliphatic heterocycles. The van der Waals surface area contributed by atoms with E-state index in [9.17, 15) is 8.42 Å². The fourth-order valence-electron chi connectivity index (χ4n) is 2.80. The van der Waals surface area contributed by atoms with Crippen molar-refractivity contribution in [2.75, 3.05) is 13.1 Å². The predicted molar refractivity (Wildman–Crippen MR) is 81.2 cm³/mol. The van der Waals surface area contributed by atoms with Gasteiger partial charge in [-0.1, -0.05) is 30.3 Å². The minimum Gasteiger partial charge on any atom is -0.348 e. The molecule has 112 valence electrons. The standard InChI is InChI=1S/C15H19N3O2S/c19-21(20,12-13-5-2-1-3-6-13)18-10-4-7-14(11-18)15-16-8-9-17-15/h1-3,5-6,8-9,14H,4,7,10-12H2,(H,16,17). The third-order valence-corrected chi connectivity index (χ3v) is 5.69. The number of imidazole rings is 1. The van der Waals surface area contributed by atoms with Crippen molar-refractivity contribution in [2.45, 2.75) is 24.5 Å². The molecule has 1 saturated heterocycles. The Labute approximate surface area is 125 Å². The second-order valence-corrected chi connectivity index (χ2v) is 7.38. The lowest BCUT2D eigenvalue weighted by atomic mass is 9.99. The number of hydrogen-bond acceptors (Lipinski definition) is 3. The number of nitrogens with one attached hydrogen (secondary N) is 1. The number of aromatic amines is 1. The normalized spacial score (nSPS) is 20.5. The predicted octanol–water partition coefficient (Wildman–Crippen LogP) is 2.12. The van der Waals surface area contributed by atoms with E-state index in [4.69, 9.17) is 0 Å². The van der Waals surface area contributed by atoms with Crippen LogP contribution in [0, 0.1) is 0 Å². The van der Waals surface area contributed by atoms with Crippen molar-refractivity contribution < 1.29 is 8.42 Å². The molecule has 1 unspecified atom stereocenters. The molecule has 0 radical (unpaired) electrons. The van der Waals surface area contributed by atoms with Gasteiger partial charge in [-0.3, -0.25) is 0 Å². The molecule has 21 heavy (non-hydrogen) atoms. The van der Waals surface area contributed by atoms with Crippen molar-refractivity contribution in [1.29, 1.82) is 0 Å². The second kappa shape index (κ2) is 5.99. The van der Waals surface area contributed by atoms with Crippen LogP contribution in [0.15, 0.2) is 42.7 Å². The average molecular weight is 305 g/mol. The van der Waals surface area contributed by atoms with Crippen LogP contribution in [0.25, 0.3) is 0 Å². The molecule has 1 aliphatic rings. The Kier molecular flexibility index (Phi) is 4.07. The zero-order valence-corrected chi connectivity index (χ0v) is 12.6. The van der Waals surface area contributed by atoms with Crippen molar-refractivity contribution in [2.24, 2.45) is 0 Å². The van der Waals surface area contributed by atoms with Crippen LogP contribution in [0.2, 0.25) is 0 Å². The minimum atomic E-state index is -3.27. The zero-order valence-electron chi connectivity index (χ0n) is 11.8. The summed E-state index contributed by atoms with van der Waals surface area (Å²) in [5, 5.41) is 0. The molecule has 1 aromatic carbocycles. The van der Waals surface area contributed by atoms with Gasteiger partial charge in [0.1, 0.15) is 5.82 Å². The summed E-state index contributed by atoms with van der Waals surface area (Å²) in [5.74, 6) is 1.12. The number of sulfonamides is 1. The first kappa shape index (κ1) is 14.3. The molecule has 5 nitrogen and oxygen atoms in total. The first-order valence-corrected chi connectivity index (χ1v) is 8.77. The molecule has 0 bridgehead atoms. The third kappa shape index (κ3) is 3.33. The monoisotopic (exact) mass is 305 g/mol. The number of benzene rings is 1. The molecular formula is C15H19N3O2S. The van der Waals surface area contributed by atoms with Gasteiger partial charge in [0, 0.05) is 31.4 Å². The van der Waals surface area contributed by atoms with Gasteiger partial charge in [-0.05, 0) is 18.4 Å². The van der Waals surface area contributed by atoms with Crippen LogP contribution < -0.4 is 0 Å². The Morgan fingerprint density at radius 1 is 1.29 bits per heavy atom. The van der Waals surface area contributed by atoms with Crippen LogP contribution in [0.4, 0.5) is 0 Å². The maximum absolute atomic E-state index is 12.6. The number of nitrogens with zero attached hydrogens (tertiary/aromatic N) is 2. The number of H-pyrrole nitrogens is 1. The Bertz CT molecular complexity index is 668. The van der Waals surface area contributed by atoms with E-state index < -0.39 is 10.0 Å². The molecule has 0 amide bonds. The topological polar surface area (TPSA) is 66.1 Å². The van der Waals surface area contributed by atoms with Crippen LogP contribution >= 0.6 is 0 Å². The summed E-state index contributed by atoms with van der Waals surface area (Å²) in [7, 11) is -3.27. The van der Waals surface area contributed by atoms with Gasteiger partial charge in [0.2, 0.25) is 10.0 Å². The third-order valence-electron chi connectivity index (χ3n) is 3.88. The zero-order chi connectivity index (χ0) is 14.7. The van der Waals surface area contributed by atoms with E-state index >= 15 is 0 Å². The highest BCUT2D eigenvalue weighted by atomic mass is 32.2. The van der Waals surface area contributed by atoms with E-state index in [0.29, 0.717) is 13.1 Å². The fraction of sp³-hybridized carbons (Fsp3) is 0.400. The lowest BCUT2D eigenvalue weighted by molar-refractivity contribution is 0.309. The molecule has 2 aromatic rings. The summed E-state index contributed by atoms with van der Waals surface area (Å²) in [6, 6.07) is 9.33. The van der Waals surface area contributed by atoms with Gasteiger partial charge in [-0.25, -0.2) is 17.7 Å². The van der Waals surface area contributed by atoms with E-state index in [1.54, 1.807) is 16.7 Å². The summed E-state index contributed by atoms with van der Waals surface area (Å²) in [6.07, 6.45) is 5.35. The Morgan fingerprint density at radius 2 is 2.10 bits per heavy atom. The van der Waals surface area contributed by atoms with Crippen LogP contribution in [0.1, 0.15) is 30.1 Å². The summed E-state index contributed by atoms with van der Waals surface area (Å²) < 4.78 is 26.7. The van der Waals surface area contributed by atoms with E-state index in [0.717, 1.165) is 24.2 Å². The fourth-order valence-corrected chi connectivity index (χ4v) is 4.41. The molecule has 6 heteroatoms. The Morgan fingerprint density at radius 3 is 2.81 bits per heavy atom. The largest absolute Gasteiger partial charge is 0.348 e. The van der Waals surface area contributed by atoms with Crippen molar-refractivity contribution in [3.05, 3.63) is 54.1 Å². The summed E-state index contributed by atoms with van der Waals surface area (Å²) >= 11 is 0. The number of aromatic nitrogens is 2. The van der Waals surface area contributed by atoms with Gasteiger partial charge in [-0.2, -0.15) is 0 Å². The SMILES string of the molecule is O=S(=O)(Cc1ccccc1)N1CCCC(c2ncc[nH]2)C1. The smallest absolute Gasteiger partial charge is 0.218 e.